The number of nitrogens with zero attached hydrogens (tertiary/aromatic N) is 1. The van der Waals surface area contributed by atoms with Crippen LogP contribution in [0.2, 0.25) is 0 Å². The van der Waals surface area contributed by atoms with Crippen molar-refractivity contribution in [1.29, 1.82) is 0 Å². The Morgan fingerprint density at radius 3 is 2.79 bits per heavy atom. The molecule has 1 atom stereocenters. The first-order valence-electron chi connectivity index (χ1n) is 6.19. The van der Waals surface area contributed by atoms with Crippen LogP contribution in [0.15, 0.2) is 22.7 Å². The molecule has 1 saturated heterocycles. The molecule has 0 radical (unpaired) electrons. The molecule has 0 saturated carbocycles. The van der Waals surface area contributed by atoms with Gasteiger partial charge in [0.1, 0.15) is 6.04 Å². The van der Waals surface area contributed by atoms with Crippen LogP contribution in [0, 0.1) is 6.92 Å². The van der Waals surface area contributed by atoms with Crippen LogP contribution >= 0.6 is 15.9 Å². The topological polar surface area (TPSA) is 46.6 Å². The minimum absolute atomic E-state index is 0.0992. The number of rotatable bonds is 2. The van der Waals surface area contributed by atoms with E-state index in [2.05, 4.69) is 15.9 Å². The third-order valence-corrected chi connectivity index (χ3v) is 3.90. The number of methoxy groups -OCH3 is 1. The number of halogens is 1. The van der Waals surface area contributed by atoms with Gasteiger partial charge in [0.25, 0.3) is 5.91 Å². The van der Waals surface area contributed by atoms with Crippen LogP contribution < -0.4 is 0 Å². The number of hydrogen-bond donors (Lipinski definition) is 0. The van der Waals surface area contributed by atoms with Crippen LogP contribution in [0.25, 0.3) is 0 Å². The fourth-order valence-electron chi connectivity index (χ4n) is 2.41. The Hall–Kier alpha value is -1.36. The highest BCUT2D eigenvalue weighted by atomic mass is 79.9. The predicted octanol–water partition coefficient (Wildman–Crippen LogP) is 2.54. The maximum absolute atomic E-state index is 12.5. The van der Waals surface area contributed by atoms with Gasteiger partial charge in [-0.3, -0.25) is 4.79 Å². The van der Waals surface area contributed by atoms with Crippen LogP contribution in [0.5, 0.6) is 0 Å². The Labute approximate surface area is 120 Å². The van der Waals surface area contributed by atoms with Crippen LogP contribution in [-0.4, -0.2) is 36.5 Å². The van der Waals surface area contributed by atoms with E-state index < -0.39 is 6.04 Å². The molecule has 0 bridgehead atoms. The van der Waals surface area contributed by atoms with Crippen LogP contribution in [0.3, 0.4) is 0 Å². The molecule has 1 aliphatic rings. The zero-order valence-electron chi connectivity index (χ0n) is 11.0. The van der Waals surface area contributed by atoms with Crippen molar-refractivity contribution in [1.82, 2.24) is 4.90 Å². The first-order chi connectivity index (χ1) is 9.04. The molecule has 1 aromatic rings. The van der Waals surface area contributed by atoms with Crippen LogP contribution in [-0.2, 0) is 9.53 Å². The van der Waals surface area contributed by atoms with Gasteiger partial charge in [-0.05, 0) is 43.5 Å². The molecule has 1 fully saturated rings. The van der Waals surface area contributed by atoms with E-state index >= 15 is 0 Å². The minimum atomic E-state index is -0.444. The summed E-state index contributed by atoms with van der Waals surface area (Å²) in [4.78, 5) is 25.8. The lowest BCUT2D eigenvalue weighted by atomic mass is 10.1. The average Bonchev–Trinajstić information content (AvgIpc) is 2.86. The number of benzene rings is 1. The van der Waals surface area contributed by atoms with Gasteiger partial charge in [-0.25, -0.2) is 4.79 Å². The van der Waals surface area contributed by atoms with Crippen molar-refractivity contribution in [2.75, 3.05) is 13.7 Å². The van der Waals surface area contributed by atoms with Crippen molar-refractivity contribution in [3.05, 3.63) is 33.8 Å². The summed E-state index contributed by atoms with van der Waals surface area (Å²) < 4.78 is 5.70. The lowest BCUT2D eigenvalue weighted by molar-refractivity contribution is -0.145. The highest BCUT2D eigenvalue weighted by molar-refractivity contribution is 9.10. The molecule has 1 amide bonds. The highest BCUT2D eigenvalue weighted by Gasteiger charge is 2.35. The summed E-state index contributed by atoms with van der Waals surface area (Å²) in [5.74, 6) is -0.432. The standard InChI is InChI=1S/C14H16BrNO3/c1-9-8-10(15)5-6-11(9)13(17)16-7-3-4-12(16)14(18)19-2/h5-6,8,12H,3-4,7H2,1-2H3. The molecule has 0 aromatic heterocycles. The first kappa shape index (κ1) is 14.1. The summed E-state index contributed by atoms with van der Waals surface area (Å²) in [5.41, 5.74) is 1.54. The fourth-order valence-corrected chi connectivity index (χ4v) is 2.89. The zero-order valence-corrected chi connectivity index (χ0v) is 12.6. The lowest BCUT2D eigenvalue weighted by Gasteiger charge is -2.23. The number of carbonyl (C=O) groups is 2. The number of hydrogen-bond acceptors (Lipinski definition) is 3. The fraction of sp³-hybridized carbons (Fsp3) is 0.429. The maximum atomic E-state index is 12.5. The molecule has 5 heteroatoms. The van der Waals surface area contributed by atoms with Gasteiger partial charge in [0, 0.05) is 16.6 Å². The molecule has 102 valence electrons. The molecule has 1 aromatic carbocycles. The zero-order chi connectivity index (χ0) is 14.0. The molecule has 1 unspecified atom stereocenters. The predicted molar refractivity (Wildman–Crippen MR) is 75.0 cm³/mol. The Bertz CT molecular complexity index is 515. The molecule has 0 spiro atoms. The molecular formula is C14H16BrNO3. The monoisotopic (exact) mass is 325 g/mol. The van der Waals surface area contributed by atoms with Gasteiger partial charge in [-0.1, -0.05) is 15.9 Å². The summed E-state index contributed by atoms with van der Waals surface area (Å²) >= 11 is 3.38. The normalized spacial score (nSPS) is 18.5. The molecule has 2 rings (SSSR count). The second kappa shape index (κ2) is 5.74. The van der Waals surface area contributed by atoms with Crippen molar-refractivity contribution in [3.8, 4) is 0 Å². The van der Waals surface area contributed by atoms with E-state index in [4.69, 9.17) is 4.74 Å². The van der Waals surface area contributed by atoms with Crippen molar-refractivity contribution < 1.29 is 14.3 Å². The highest BCUT2D eigenvalue weighted by Crippen LogP contribution is 2.23. The minimum Gasteiger partial charge on any atom is -0.467 e. The van der Waals surface area contributed by atoms with Crippen LogP contribution in [0.1, 0.15) is 28.8 Å². The molecule has 4 nitrogen and oxygen atoms in total. The van der Waals surface area contributed by atoms with Gasteiger partial charge in [0.15, 0.2) is 0 Å². The smallest absolute Gasteiger partial charge is 0.328 e. The summed E-state index contributed by atoms with van der Waals surface area (Å²) in [7, 11) is 1.36. The van der Waals surface area contributed by atoms with E-state index in [0.717, 1.165) is 16.5 Å². The number of likely N-dealkylation sites (tertiary alicyclic amines) is 1. The van der Waals surface area contributed by atoms with E-state index in [0.29, 0.717) is 18.5 Å². The SMILES string of the molecule is COC(=O)C1CCCN1C(=O)c1ccc(Br)cc1C. The molecule has 19 heavy (non-hydrogen) atoms. The largest absolute Gasteiger partial charge is 0.467 e. The number of esters is 1. The Balaban J connectivity index is 2.25. The second-order valence-electron chi connectivity index (χ2n) is 4.64. The first-order valence-corrected chi connectivity index (χ1v) is 6.99. The molecule has 0 aliphatic carbocycles. The summed E-state index contributed by atoms with van der Waals surface area (Å²) in [6, 6.07) is 5.08. The Morgan fingerprint density at radius 1 is 1.42 bits per heavy atom. The average molecular weight is 326 g/mol. The number of ether oxygens (including phenoxy) is 1. The number of aryl methyl sites for hydroxylation is 1. The molecule has 0 N–H and O–H groups in total. The maximum Gasteiger partial charge on any atom is 0.328 e. The van der Waals surface area contributed by atoms with Gasteiger partial charge in [0.2, 0.25) is 0 Å². The van der Waals surface area contributed by atoms with Gasteiger partial charge >= 0.3 is 5.97 Å². The summed E-state index contributed by atoms with van der Waals surface area (Å²) in [5, 5.41) is 0. The molecule has 1 aliphatic heterocycles. The van der Waals surface area contributed by atoms with E-state index in [9.17, 15) is 9.59 Å². The number of amides is 1. The Morgan fingerprint density at radius 2 is 2.16 bits per heavy atom. The van der Waals surface area contributed by atoms with E-state index in [1.807, 2.05) is 19.1 Å². The number of carbonyl (C=O) groups excluding carboxylic acids is 2. The van der Waals surface area contributed by atoms with Crippen LogP contribution in [0.4, 0.5) is 0 Å². The quantitative estimate of drug-likeness (QED) is 0.785. The lowest BCUT2D eigenvalue weighted by Crippen LogP contribution is -2.41. The van der Waals surface area contributed by atoms with Gasteiger partial charge in [-0.2, -0.15) is 0 Å². The van der Waals surface area contributed by atoms with Crippen molar-refractivity contribution in [2.45, 2.75) is 25.8 Å². The third kappa shape index (κ3) is 2.81. The van der Waals surface area contributed by atoms with Gasteiger partial charge in [-0.15, -0.1) is 0 Å². The Kier molecular flexibility index (Phi) is 4.24. The molecule has 1 heterocycles. The van der Waals surface area contributed by atoms with Gasteiger partial charge < -0.3 is 9.64 Å². The van der Waals surface area contributed by atoms with E-state index in [1.54, 1.807) is 11.0 Å². The van der Waals surface area contributed by atoms with E-state index in [-0.39, 0.29) is 11.9 Å². The molecular weight excluding hydrogens is 310 g/mol. The summed E-state index contributed by atoms with van der Waals surface area (Å²) in [6.45, 7) is 2.50. The second-order valence-corrected chi connectivity index (χ2v) is 5.55. The third-order valence-electron chi connectivity index (χ3n) is 3.41. The van der Waals surface area contributed by atoms with Crippen molar-refractivity contribution in [3.63, 3.8) is 0 Å². The van der Waals surface area contributed by atoms with Gasteiger partial charge in [0.05, 0.1) is 7.11 Å². The summed E-state index contributed by atoms with van der Waals surface area (Å²) in [6.07, 6.45) is 1.51. The van der Waals surface area contributed by atoms with Crippen molar-refractivity contribution in [2.24, 2.45) is 0 Å². The van der Waals surface area contributed by atoms with E-state index in [1.165, 1.54) is 7.11 Å². The van der Waals surface area contributed by atoms with Crippen molar-refractivity contribution >= 4 is 27.8 Å².